The summed E-state index contributed by atoms with van der Waals surface area (Å²) in [5.41, 5.74) is 1.84. The highest BCUT2D eigenvalue weighted by molar-refractivity contribution is 5.29. The van der Waals surface area contributed by atoms with E-state index in [0.717, 1.165) is 5.70 Å². The fourth-order valence-electron chi connectivity index (χ4n) is 1.51. The smallest absolute Gasteiger partial charge is 0.0796 e. The molecular weight excluding hydrogens is 138 g/mol. The average Bonchev–Trinajstić information content (AvgIpc) is 1.81. The highest BCUT2D eigenvalue weighted by Crippen LogP contribution is 2.25. The SMILES string of the molecule is CC1=CC(C)(C)N(O)C(C)=C1. The lowest BCUT2D eigenvalue weighted by atomic mass is 9.97. The van der Waals surface area contributed by atoms with Crippen molar-refractivity contribution in [2.24, 2.45) is 0 Å². The van der Waals surface area contributed by atoms with E-state index in [1.165, 1.54) is 10.6 Å². The highest BCUT2D eigenvalue weighted by Gasteiger charge is 2.25. The maximum atomic E-state index is 9.54. The summed E-state index contributed by atoms with van der Waals surface area (Å²) in [6.07, 6.45) is 4.01. The van der Waals surface area contributed by atoms with Gasteiger partial charge in [0.2, 0.25) is 0 Å². The zero-order valence-corrected chi connectivity index (χ0v) is 7.55. The number of rotatable bonds is 0. The van der Waals surface area contributed by atoms with Crippen molar-refractivity contribution in [2.75, 3.05) is 0 Å². The van der Waals surface area contributed by atoms with E-state index in [1.807, 2.05) is 39.8 Å². The van der Waals surface area contributed by atoms with Gasteiger partial charge in [0.05, 0.1) is 5.54 Å². The molecule has 1 aliphatic heterocycles. The van der Waals surface area contributed by atoms with Gasteiger partial charge in [0.15, 0.2) is 0 Å². The summed E-state index contributed by atoms with van der Waals surface area (Å²) >= 11 is 0. The van der Waals surface area contributed by atoms with Gasteiger partial charge in [-0.3, -0.25) is 10.3 Å². The van der Waals surface area contributed by atoms with E-state index < -0.39 is 0 Å². The molecule has 0 amide bonds. The number of hydrogen-bond acceptors (Lipinski definition) is 2. The second kappa shape index (κ2) is 2.38. The van der Waals surface area contributed by atoms with Gasteiger partial charge in [0.1, 0.15) is 0 Å². The zero-order valence-electron chi connectivity index (χ0n) is 7.55. The zero-order chi connectivity index (χ0) is 8.65. The lowest BCUT2D eigenvalue weighted by Crippen LogP contribution is -2.40. The quantitative estimate of drug-likeness (QED) is 0.577. The molecule has 1 rings (SSSR count). The molecule has 1 N–H and O–H groups in total. The molecule has 2 heteroatoms. The van der Waals surface area contributed by atoms with E-state index in [2.05, 4.69) is 0 Å². The summed E-state index contributed by atoms with van der Waals surface area (Å²) in [5.74, 6) is 0. The molecule has 0 radical (unpaired) electrons. The maximum absolute atomic E-state index is 9.54. The molecule has 0 fully saturated rings. The summed E-state index contributed by atoms with van der Waals surface area (Å²) in [6, 6.07) is 0. The van der Waals surface area contributed by atoms with Gasteiger partial charge in [-0.2, -0.15) is 0 Å². The van der Waals surface area contributed by atoms with Crippen LogP contribution in [-0.2, 0) is 0 Å². The Hall–Kier alpha value is -0.760. The molecule has 0 spiro atoms. The summed E-state index contributed by atoms with van der Waals surface area (Å²) in [6.45, 7) is 7.90. The molecule has 62 valence electrons. The van der Waals surface area contributed by atoms with Crippen molar-refractivity contribution in [1.29, 1.82) is 0 Å². The van der Waals surface area contributed by atoms with E-state index >= 15 is 0 Å². The predicted octanol–water partition coefficient (Wildman–Crippen LogP) is 2.32. The van der Waals surface area contributed by atoms with Crippen LogP contribution in [-0.4, -0.2) is 15.8 Å². The van der Waals surface area contributed by atoms with Crippen LogP contribution in [0.1, 0.15) is 27.7 Å². The third kappa shape index (κ3) is 1.46. The Morgan fingerprint density at radius 3 is 2.36 bits per heavy atom. The van der Waals surface area contributed by atoms with Crippen LogP contribution in [0.25, 0.3) is 0 Å². The Kier molecular flexibility index (Phi) is 1.80. The standard InChI is InChI=1S/C9H15NO/c1-7-5-8(2)10(11)9(3,4)6-7/h5-6,11H,1-4H3. The second-order valence-electron chi connectivity index (χ2n) is 3.64. The van der Waals surface area contributed by atoms with Crippen LogP contribution in [0.5, 0.6) is 0 Å². The van der Waals surface area contributed by atoms with Crippen LogP contribution in [0, 0.1) is 0 Å². The van der Waals surface area contributed by atoms with Crippen LogP contribution in [0.3, 0.4) is 0 Å². The van der Waals surface area contributed by atoms with E-state index in [-0.39, 0.29) is 5.54 Å². The monoisotopic (exact) mass is 153 g/mol. The minimum absolute atomic E-state index is 0.261. The minimum Gasteiger partial charge on any atom is -0.288 e. The average molecular weight is 153 g/mol. The molecule has 1 aliphatic rings. The molecule has 11 heavy (non-hydrogen) atoms. The van der Waals surface area contributed by atoms with Crippen molar-refractivity contribution in [3.8, 4) is 0 Å². The molecule has 1 heterocycles. The molecule has 0 aromatic carbocycles. The van der Waals surface area contributed by atoms with Gasteiger partial charge >= 0.3 is 0 Å². The van der Waals surface area contributed by atoms with Gasteiger partial charge in [-0.05, 0) is 33.8 Å². The van der Waals surface area contributed by atoms with Crippen molar-refractivity contribution in [3.05, 3.63) is 23.4 Å². The van der Waals surface area contributed by atoms with E-state index in [4.69, 9.17) is 0 Å². The first-order valence-corrected chi connectivity index (χ1v) is 3.80. The first-order chi connectivity index (χ1) is 4.93. The number of hydrogen-bond donors (Lipinski definition) is 1. The summed E-state index contributed by atoms with van der Waals surface area (Å²) < 4.78 is 0. The molecule has 0 aliphatic carbocycles. The Balaban J connectivity index is 3.01. The first-order valence-electron chi connectivity index (χ1n) is 3.80. The molecule has 0 aromatic heterocycles. The lowest BCUT2D eigenvalue weighted by Gasteiger charge is -2.36. The Bertz CT molecular complexity index is 226. The highest BCUT2D eigenvalue weighted by atomic mass is 16.5. The lowest BCUT2D eigenvalue weighted by molar-refractivity contribution is -0.113. The van der Waals surface area contributed by atoms with Gasteiger partial charge < -0.3 is 0 Å². The van der Waals surface area contributed by atoms with E-state index in [1.54, 1.807) is 0 Å². The topological polar surface area (TPSA) is 23.5 Å². The van der Waals surface area contributed by atoms with Crippen molar-refractivity contribution >= 4 is 0 Å². The normalized spacial score (nSPS) is 22.8. The van der Waals surface area contributed by atoms with Gasteiger partial charge in [-0.1, -0.05) is 11.6 Å². The van der Waals surface area contributed by atoms with Gasteiger partial charge in [-0.25, -0.2) is 0 Å². The summed E-state index contributed by atoms with van der Waals surface area (Å²) in [7, 11) is 0. The first kappa shape index (κ1) is 8.34. The molecule has 0 bridgehead atoms. The molecule has 0 atom stereocenters. The number of nitrogens with zero attached hydrogens (tertiary/aromatic N) is 1. The number of allylic oxidation sites excluding steroid dienone is 3. The number of hydroxylamine groups is 2. The minimum atomic E-state index is -0.261. The second-order valence-corrected chi connectivity index (χ2v) is 3.64. The maximum Gasteiger partial charge on any atom is 0.0796 e. The van der Waals surface area contributed by atoms with Gasteiger partial charge in [-0.15, -0.1) is 0 Å². The van der Waals surface area contributed by atoms with E-state index in [0.29, 0.717) is 0 Å². The predicted molar refractivity (Wildman–Crippen MR) is 45.2 cm³/mol. The molecule has 0 saturated heterocycles. The Morgan fingerprint density at radius 2 is 1.91 bits per heavy atom. The van der Waals surface area contributed by atoms with Crippen molar-refractivity contribution in [2.45, 2.75) is 33.2 Å². The molecule has 0 unspecified atom stereocenters. The van der Waals surface area contributed by atoms with Crippen LogP contribution >= 0.6 is 0 Å². The van der Waals surface area contributed by atoms with Crippen LogP contribution < -0.4 is 0 Å². The third-order valence-electron chi connectivity index (χ3n) is 1.90. The van der Waals surface area contributed by atoms with Crippen LogP contribution in [0.15, 0.2) is 23.4 Å². The third-order valence-corrected chi connectivity index (χ3v) is 1.90. The largest absolute Gasteiger partial charge is 0.288 e. The fraction of sp³-hybridized carbons (Fsp3) is 0.556. The van der Waals surface area contributed by atoms with Gasteiger partial charge in [0.25, 0.3) is 0 Å². The van der Waals surface area contributed by atoms with Crippen LogP contribution in [0.2, 0.25) is 0 Å². The van der Waals surface area contributed by atoms with E-state index in [9.17, 15) is 5.21 Å². The van der Waals surface area contributed by atoms with Gasteiger partial charge in [0, 0.05) is 5.70 Å². The Morgan fingerprint density at radius 1 is 1.36 bits per heavy atom. The summed E-state index contributed by atoms with van der Waals surface area (Å²) in [4.78, 5) is 0. The van der Waals surface area contributed by atoms with Crippen LogP contribution in [0.4, 0.5) is 0 Å². The Labute approximate surface area is 67.8 Å². The van der Waals surface area contributed by atoms with Crippen molar-refractivity contribution < 1.29 is 5.21 Å². The van der Waals surface area contributed by atoms with Crippen molar-refractivity contribution in [3.63, 3.8) is 0 Å². The fourth-order valence-corrected chi connectivity index (χ4v) is 1.51. The molecule has 2 nitrogen and oxygen atoms in total. The molecule has 0 aromatic rings. The van der Waals surface area contributed by atoms with Crippen molar-refractivity contribution in [1.82, 2.24) is 5.06 Å². The summed E-state index contributed by atoms with van der Waals surface area (Å²) in [5, 5.41) is 10.8. The molecular formula is C9H15NO. The molecule has 0 saturated carbocycles.